The molecule has 0 spiro atoms. The number of nitrogens with zero attached hydrogens (tertiary/aromatic N) is 6. The first kappa shape index (κ1) is 33.5. The van der Waals surface area contributed by atoms with E-state index in [9.17, 15) is 40.3 Å². The second kappa shape index (κ2) is 12.3. The summed E-state index contributed by atoms with van der Waals surface area (Å²) < 4.78 is 96.8. The van der Waals surface area contributed by atoms with E-state index in [1.807, 2.05) is 0 Å². The molecule has 2 aliphatic rings. The third-order valence-corrected chi connectivity index (χ3v) is 8.43. The maximum absolute atomic E-state index is 14.2. The molecule has 1 fully saturated rings. The maximum Gasteiger partial charge on any atom is 0.417 e. The SMILES string of the molecule is Cn1cc(-c2ncc3c(n2)CN(C(=O)c2cc(CN4C(=N)N[C@](CCCC(F)(F)F)(c5ccc(F)cc5)C4=O)ccc2C(F)(F)F)C3)cn1. The molecule has 2 amide bonds. The molecule has 2 aliphatic heterocycles. The van der Waals surface area contributed by atoms with Crippen molar-refractivity contribution in [3.63, 3.8) is 0 Å². The molecule has 256 valence electrons. The number of guanidine groups is 1. The average molecular weight is 689 g/mol. The van der Waals surface area contributed by atoms with Crippen LogP contribution < -0.4 is 5.32 Å². The number of hydrogen-bond acceptors (Lipinski definition) is 6. The molecular weight excluding hydrogens is 661 g/mol. The summed E-state index contributed by atoms with van der Waals surface area (Å²) in [6.45, 7) is -0.630. The van der Waals surface area contributed by atoms with Crippen molar-refractivity contribution >= 4 is 17.8 Å². The standard InChI is InChI=1S/C32H27F7N8O2/c1-45-15-20(13-42-45)26-41-12-19-16-46(17-25(19)43-26)27(48)23-11-18(3-8-24(23)32(37,38)39)14-47-28(49)30(44-29(47)40,9-2-10-31(34,35)36)21-4-6-22(33)7-5-21/h3-8,11-13,15H,2,9-10,14,16-17H2,1H3,(H2,40,44)/t30-/m1/s1. The highest BCUT2D eigenvalue weighted by atomic mass is 19.4. The zero-order valence-electron chi connectivity index (χ0n) is 25.7. The van der Waals surface area contributed by atoms with Gasteiger partial charge in [0.25, 0.3) is 11.8 Å². The molecule has 0 bridgehead atoms. The molecule has 10 nitrogen and oxygen atoms in total. The highest BCUT2D eigenvalue weighted by Crippen LogP contribution is 2.38. The average Bonchev–Trinajstić information content (AvgIpc) is 3.72. The van der Waals surface area contributed by atoms with E-state index in [2.05, 4.69) is 20.4 Å². The lowest BCUT2D eigenvalue weighted by atomic mass is 9.84. The summed E-state index contributed by atoms with van der Waals surface area (Å²) in [5.74, 6) is -2.65. The van der Waals surface area contributed by atoms with Crippen molar-refractivity contribution in [1.29, 1.82) is 5.41 Å². The minimum atomic E-state index is -4.92. The first-order valence-electron chi connectivity index (χ1n) is 14.9. The molecule has 0 radical (unpaired) electrons. The van der Waals surface area contributed by atoms with Gasteiger partial charge < -0.3 is 10.2 Å². The van der Waals surface area contributed by atoms with Gasteiger partial charge in [0, 0.05) is 38.0 Å². The number of aromatic nitrogens is 4. The lowest BCUT2D eigenvalue weighted by Gasteiger charge is -2.28. The van der Waals surface area contributed by atoms with Crippen molar-refractivity contribution in [2.45, 2.75) is 56.8 Å². The Hall–Kier alpha value is -5.35. The number of alkyl halides is 6. The highest BCUT2D eigenvalue weighted by Gasteiger charge is 2.51. The second-order valence-corrected chi connectivity index (χ2v) is 11.9. The molecule has 4 heterocycles. The summed E-state index contributed by atoms with van der Waals surface area (Å²) in [5, 5.41) is 15.2. The largest absolute Gasteiger partial charge is 0.417 e. The van der Waals surface area contributed by atoms with Gasteiger partial charge >= 0.3 is 12.4 Å². The molecule has 17 heteroatoms. The number of fused-ring (bicyclic) bond motifs is 1. The molecule has 2 aromatic heterocycles. The van der Waals surface area contributed by atoms with Gasteiger partial charge in [-0.05, 0) is 48.2 Å². The van der Waals surface area contributed by atoms with Gasteiger partial charge in [-0.1, -0.05) is 18.2 Å². The lowest BCUT2D eigenvalue weighted by molar-refractivity contribution is -0.140. The van der Waals surface area contributed by atoms with Crippen LogP contribution in [-0.4, -0.2) is 53.5 Å². The van der Waals surface area contributed by atoms with Crippen LogP contribution in [0.1, 0.15) is 57.6 Å². The number of rotatable bonds is 8. The molecular formula is C32H27F7N8O2. The highest BCUT2D eigenvalue weighted by molar-refractivity contribution is 6.08. The number of amides is 2. The molecule has 1 atom stereocenters. The Morgan fingerprint density at radius 1 is 1.04 bits per heavy atom. The summed E-state index contributed by atoms with van der Waals surface area (Å²) >= 11 is 0. The van der Waals surface area contributed by atoms with Gasteiger partial charge in [-0.25, -0.2) is 14.4 Å². The van der Waals surface area contributed by atoms with Crippen molar-refractivity contribution in [3.05, 3.63) is 100 Å². The Kier molecular flexibility index (Phi) is 8.40. The van der Waals surface area contributed by atoms with Crippen LogP contribution in [0.25, 0.3) is 11.4 Å². The summed E-state index contributed by atoms with van der Waals surface area (Å²) in [4.78, 5) is 38.4. The molecule has 49 heavy (non-hydrogen) atoms. The molecule has 0 saturated carbocycles. The van der Waals surface area contributed by atoms with Crippen molar-refractivity contribution < 1.29 is 40.3 Å². The molecule has 0 aliphatic carbocycles. The van der Waals surface area contributed by atoms with Crippen LogP contribution in [0.3, 0.4) is 0 Å². The van der Waals surface area contributed by atoms with Gasteiger partial charge in [0.05, 0.1) is 41.7 Å². The van der Waals surface area contributed by atoms with Crippen LogP contribution in [0.4, 0.5) is 30.7 Å². The van der Waals surface area contributed by atoms with E-state index in [-0.39, 0.29) is 24.2 Å². The second-order valence-electron chi connectivity index (χ2n) is 11.9. The Morgan fingerprint density at radius 3 is 2.43 bits per heavy atom. The van der Waals surface area contributed by atoms with E-state index in [4.69, 9.17) is 5.41 Å². The predicted octanol–water partition coefficient (Wildman–Crippen LogP) is 5.69. The van der Waals surface area contributed by atoms with E-state index < -0.39 is 78.4 Å². The van der Waals surface area contributed by atoms with Gasteiger partial charge in [-0.2, -0.15) is 31.4 Å². The maximum atomic E-state index is 14.2. The zero-order chi connectivity index (χ0) is 35.3. The summed E-state index contributed by atoms with van der Waals surface area (Å²) in [7, 11) is 1.71. The van der Waals surface area contributed by atoms with Gasteiger partial charge in [0.15, 0.2) is 11.8 Å². The summed E-state index contributed by atoms with van der Waals surface area (Å²) in [6.07, 6.45) is -6.84. The summed E-state index contributed by atoms with van der Waals surface area (Å²) in [5.41, 5.74) is -1.99. The molecule has 0 unspecified atom stereocenters. The normalized spacial score (nSPS) is 17.9. The number of aryl methyl sites for hydroxylation is 1. The first-order valence-corrected chi connectivity index (χ1v) is 14.9. The quantitative estimate of drug-likeness (QED) is 0.230. The van der Waals surface area contributed by atoms with Crippen LogP contribution in [-0.2, 0) is 43.2 Å². The number of carbonyl (C=O) groups is 2. The predicted molar refractivity (Wildman–Crippen MR) is 159 cm³/mol. The lowest BCUT2D eigenvalue weighted by Crippen LogP contribution is -2.44. The molecule has 4 aromatic rings. The van der Waals surface area contributed by atoms with Gasteiger partial charge in [-0.15, -0.1) is 0 Å². The third-order valence-electron chi connectivity index (χ3n) is 8.43. The van der Waals surface area contributed by atoms with Crippen molar-refractivity contribution in [2.75, 3.05) is 0 Å². The number of nitrogens with one attached hydrogen (secondary N) is 2. The minimum absolute atomic E-state index is 0.0526. The molecule has 2 N–H and O–H groups in total. The topological polar surface area (TPSA) is 120 Å². The van der Waals surface area contributed by atoms with Crippen LogP contribution >= 0.6 is 0 Å². The van der Waals surface area contributed by atoms with Gasteiger partial charge in [0.1, 0.15) is 11.4 Å². The van der Waals surface area contributed by atoms with E-state index in [1.165, 1.54) is 23.2 Å². The van der Waals surface area contributed by atoms with E-state index in [0.29, 0.717) is 28.7 Å². The first-order chi connectivity index (χ1) is 23.0. The molecule has 2 aromatic carbocycles. The summed E-state index contributed by atoms with van der Waals surface area (Å²) in [6, 6.07) is 7.25. The zero-order valence-corrected chi connectivity index (χ0v) is 25.7. The molecule has 6 rings (SSSR count). The number of halogens is 7. The Bertz CT molecular complexity index is 1940. The van der Waals surface area contributed by atoms with Crippen LogP contribution in [0.5, 0.6) is 0 Å². The fourth-order valence-electron chi connectivity index (χ4n) is 6.04. The fraction of sp³-hybridized carbons (Fsp3) is 0.312. The van der Waals surface area contributed by atoms with Crippen LogP contribution in [0.2, 0.25) is 0 Å². The van der Waals surface area contributed by atoms with Crippen LogP contribution in [0, 0.1) is 11.2 Å². The monoisotopic (exact) mass is 688 g/mol. The minimum Gasteiger partial charge on any atom is -0.338 e. The van der Waals surface area contributed by atoms with Gasteiger partial charge in [-0.3, -0.25) is 24.6 Å². The van der Waals surface area contributed by atoms with E-state index >= 15 is 0 Å². The van der Waals surface area contributed by atoms with E-state index in [0.717, 1.165) is 29.2 Å². The van der Waals surface area contributed by atoms with Crippen molar-refractivity contribution in [2.24, 2.45) is 7.05 Å². The van der Waals surface area contributed by atoms with Crippen molar-refractivity contribution in [1.82, 2.24) is 34.9 Å². The smallest absolute Gasteiger partial charge is 0.338 e. The van der Waals surface area contributed by atoms with E-state index in [1.54, 1.807) is 24.1 Å². The third kappa shape index (κ3) is 6.69. The van der Waals surface area contributed by atoms with Crippen molar-refractivity contribution in [3.8, 4) is 11.4 Å². The van der Waals surface area contributed by atoms with Crippen LogP contribution in [0.15, 0.2) is 61.1 Å². The Morgan fingerprint density at radius 2 is 1.78 bits per heavy atom. The number of carbonyl (C=O) groups excluding carboxylic acids is 2. The number of benzene rings is 2. The van der Waals surface area contributed by atoms with Gasteiger partial charge in [0.2, 0.25) is 0 Å². The fourth-order valence-corrected chi connectivity index (χ4v) is 6.04. The Balaban J connectivity index is 1.27. The molecule has 1 saturated heterocycles. The Labute approximate surface area is 274 Å². The number of hydrogen-bond donors (Lipinski definition) is 2.